The molecule has 0 spiro atoms. The first-order chi connectivity index (χ1) is 15.3. The summed E-state index contributed by atoms with van der Waals surface area (Å²) < 4.78 is 27.7. The summed E-state index contributed by atoms with van der Waals surface area (Å²) >= 11 is 13.4. The molecule has 6 nitrogen and oxygen atoms in total. The first-order valence-corrected chi connectivity index (χ1v) is 13.2. The summed E-state index contributed by atoms with van der Waals surface area (Å²) in [6, 6.07) is 12.0. The highest BCUT2D eigenvalue weighted by atomic mass is 35.5. The third-order valence-corrected chi connectivity index (χ3v) is 7.75. The van der Waals surface area contributed by atoms with Gasteiger partial charge in [-0.2, -0.15) is 9.41 Å². The van der Waals surface area contributed by atoms with E-state index in [2.05, 4.69) is 15.5 Å². The summed E-state index contributed by atoms with van der Waals surface area (Å²) in [4.78, 5) is 4.79. The first kappa shape index (κ1) is 24.7. The van der Waals surface area contributed by atoms with Gasteiger partial charge in [-0.25, -0.2) is 13.4 Å². The molecule has 0 amide bonds. The topological polar surface area (TPSA) is 74.7 Å². The van der Waals surface area contributed by atoms with Gasteiger partial charge in [-0.3, -0.25) is 5.43 Å². The minimum absolute atomic E-state index is 0.273. The number of thiazole rings is 1. The lowest BCUT2D eigenvalue weighted by Gasteiger charge is -2.21. The van der Waals surface area contributed by atoms with Gasteiger partial charge in [-0.1, -0.05) is 55.2 Å². The molecule has 32 heavy (non-hydrogen) atoms. The molecule has 10 heteroatoms. The minimum Gasteiger partial charge on any atom is -0.253 e. The predicted molar refractivity (Wildman–Crippen MR) is 135 cm³/mol. The van der Waals surface area contributed by atoms with E-state index in [1.807, 2.05) is 25.3 Å². The van der Waals surface area contributed by atoms with Crippen molar-refractivity contribution in [2.24, 2.45) is 5.10 Å². The second-order valence-corrected chi connectivity index (χ2v) is 10.6. The number of nitrogens with zero attached hydrogens (tertiary/aromatic N) is 3. The zero-order valence-electron chi connectivity index (χ0n) is 17.8. The Morgan fingerprint density at radius 3 is 2.56 bits per heavy atom. The SMILES string of the molecule is CCCN(CCC)S(=O)(=O)c1cccc(-c2csc(N/N=C/c3ccc(Cl)cc3Cl)n2)c1. The Labute approximate surface area is 203 Å². The van der Waals surface area contributed by atoms with Gasteiger partial charge in [0.1, 0.15) is 0 Å². The van der Waals surface area contributed by atoms with Crippen molar-refractivity contribution in [2.75, 3.05) is 18.5 Å². The van der Waals surface area contributed by atoms with Crippen LogP contribution in [0.4, 0.5) is 5.13 Å². The second kappa shape index (κ2) is 11.2. The molecule has 1 heterocycles. The van der Waals surface area contributed by atoms with Gasteiger partial charge in [0.15, 0.2) is 0 Å². The number of anilines is 1. The number of hydrogen-bond acceptors (Lipinski definition) is 6. The number of halogens is 2. The van der Waals surface area contributed by atoms with Crippen LogP contribution >= 0.6 is 34.5 Å². The summed E-state index contributed by atoms with van der Waals surface area (Å²) in [6.07, 6.45) is 3.12. The monoisotopic (exact) mass is 510 g/mol. The van der Waals surface area contributed by atoms with E-state index in [1.165, 1.54) is 15.6 Å². The molecule has 2 aromatic carbocycles. The second-order valence-electron chi connectivity index (χ2n) is 7.01. The summed E-state index contributed by atoms with van der Waals surface area (Å²) in [6.45, 7) is 4.95. The Kier molecular flexibility index (Phi) is 8.67. The minimum atomic E-state index is -3.55. The zero-order chi connectivity index (χ0) is 23.1. The largest absolute Gasteiger partial charge is 0.253 e. The number of hydrazone groups is 1. The van der Waals surface area contributed by atoms with Gasteiger partial charge in [0.05, 0.1) is 21.8 Å². The standard InChI is InChI=1S/C22H24Cl2N4O2S2/c1-3-10-28(11-4-2)32(29,30)19-7-5-6-16(12-19)21-15-31-22(26-21)27-25-14-17-8-9-18(23)13-20(17)24/h5-9,12-15H,3-4,10-11H2,1-2H3,(H,26,27)/b25-14+. The van der Waals surface area contributed by atoms with E-state index in [0.29, 0.717) is 34.0 Å². The molecule has 0 saturated heterocycles. The van der Waals surface area contributed by atoms with Crippen LogP contribution in [0.1, 0.15) is 32.3 Å². The van der Waals surface area contributed by atoms with Gasteiger partial charge < -0.3 is 0 Å². The molecule has 0 aliphatic carbocycles. The number of sulfonamides is 1. The Morgan fingerprint density at radius 1 is 1.12 bits per heavy atom. The maximum Gasteiger partial charge on any atom is 0.243 e. The quantitative estimate of drug-likeness (QED) is 0.253. The summed E-state index contributed by atoms with van der Waals surface area (Å²) in [5.74, 6) is 0. The van der Waals surface area contributed by atoms with Crippen molar-refractivity contribution in [2.45, 2.75) is 31.6 Å². The Hall–Kier alpha value is -1.97. The van der Waals surface area contributed by atoms with Gasteiger partial charge in [0.25, 0.3) is 0 Å². The van der Waals surface area contributed by atoms with Crippen molar-refractivity contribution in [3.63, 3.8) is 0 Å². The van der Waals surface area contributed by atoms with Crippen molar-refractivity contribution >= 4 is 55.9 Å². The smallest absolute Gasteiger partial charge is 0.243 e. The first-order valence-electron chi connectivity index (χ1n) is 10.2. The van der Waals surface area contributed by atoms with E-state index in [9.17, 15) is 8.42 Å². The summed E-state index contributed by atoms with van der Waals surface area (Å²) in [5.41, 5.74) is 5.01. The average molecular weight is 512 g/mol. The Bertz CT molecular complexity index is 1190. The van der Waals surface area contributed by atoms with Crippen LogP contribution in [0, 0.1) is 0 Å². The van der Waals surface area contributed by atoms with Crippen LogP contribution in [0.5, 0.6) is 0 Å². The third-order valence-electron chi connectivity index (χ3n) is 4.54. The molecular formula is C22H24Cl2N4O2S2. The van der Waals surface area contributed by atoms with Crippen LogP contribution in [0.3, 0.4) is 0 Å². The fraction of sp³-hybridized carbons (Fsp3) is 0.273. The van der Waals surface area contributed by atoms with Crippen molar-refractivity contribution in [1.82, 2.24) is 9.29 Å². The van der Waals surface area contributed by atoms with E-state index in [0.717, 1.165) is 24.0 Å². The van der Waals surface area contributed by atoms with Gasteiger partial charge in [-0.05, 0) is 37.1 Å². The van der Waals surface area contributed by atoms with Crippen LogP contribution in [0.15, 0.2) is 57.8 Å². The molecule has 3 rings (SSSR count). The molecule has 0 fully saturated rings. The molecule has 0 radical (unpaired) electrons. The van der Waals surface area contributed by atoms with E-state index >= 15 is 0 Å². The highest BCUT2D eigenvalue weighted by molar-refractivity contribution is 7.89. The number of aromatic nitrogens is 1. The van der Waals surface area contributed by atoms with E-state index < -0.39 is 10.0 Å². The van der Waals surface area contributed by atoms with Crippen LogP contribution in [-0.4, -0.2) is 37.0 Å². The Morgan fingerprint density at radius 2 is 1.88 bits per heavy atom. The molecule has 0 aliphatic rings. The van der Waals surface area contributed by atoms with Crippen LogP contribution in [0.2, 0.25) is 10.0 Å². The van der Waals surface area contributed by atoms with Crippen molar-refractivity contribution in [3.05, 3.63) is 63.5 Å². The highest BCUT2D eigenvalue weighted by Crippen LogP contribution is 2.28. The third kappa shape index (κ3) is 6.08. The van der Waals surface area contributed by atoms with E-state index in [4.69, 9.17) is 23.2 Å². The average Bonchev–Trinajstić information content (AvgIpc) is 3.24. The normalized spacial score (nSPS) is 12.0. The molecule has 1 N–H and O–H groups in total. The van der Waals surface area contributed by atoms with Crippen molar-refractivity contribution < 1.29 is 8.42 Å². The molecular weight excluding hydrogens is 487 g/mol. The van der Waals surface area contributed by atoms with Crippen molar-refractivity contribution in [1.29, 1.82) is 0 Å². The van der Waals surface area contributed by atoms with E-state index in [1.54, 1.807) is 42.6 Å². The van der Waals surface area contributed by atoms with Crippen molar-refractivity contribution in [3.8, 4) is 11.3 Å². The fourth-order valence-corrected chi connectivity index (χ4v) is 5.83. The molecule has 0 unspecified atom stereocenters. The Balaban J connectivity index is 1.77. The maximum absolute atomic E-state index is 13.1. The van der Waals surface area contributed by atoms with Crippen LogP contribution < -0.4 is 5.43 Å². The molecule has 3 aromatic rings. The highest BCUT2D eigenvalue weighted by Gasteiger charge is 2.23. The number of benzene rings is 2. The van der Waals surface area contributed by atoms with Gasteiger partial charge >= 0.3 is 0 Å². The molecule has 1 aromatic heterocycles. The summed E-state index contributed by atoms with van der Waals surface area (Å²) in [5, 5.41) is 7.66. The lowest BCUT2D eigenvalue weighted by molar-refractivity contribution is 0.410. The predicted octanol–water partition coefficient (Wildman–Crippen LogP) is 6.37. The number of nitrogens with one attached hydrogen (secondary N) is 1. The van der Waals surface area contributed by atoms with Crippen LogP contribution in [0.25, 0.3) is 11.3 Å². The molecule has 0 saturated carbocycles. The lowest BCUT2D eigenvalue weighted by Crippen LogP contribution is -2.32. The molecule has 0 bridgehead atoms. The zero-order valence-corrected chi connectivity index (χ0v) is 20.9. The number of rotatable bonds is 10. The van der Waals surface area contributed by atoms with Crippen LogP contribution in [-0.2, 0) is 10.0 Å². The molecule has 0 aliphatic heterocycles. The van der Waals surface area contributed by atoms with Gasteiger partial charge in [0.2, 0.25) is 15.2 Å². The van der Waals surface area contributed by atoms with Gasteiger partial charge in [0, 0.05) is 34.6 Å². The number of hydrogen-bond donors (Lipinski definition) is 1. The molecule has 0 atom stereocenters. The summed E-state index contributed by atoms with van der Waals surface area (Å²) in [7, 11) is -3.55. The van der Waals surface area contributed by atoms with E-state index in [-0.39, 0.29) is 4.90 Å². The van der Waals surface area contributed by atoms with Gasteiger partial charge in [-0.15, -0.1) is 11.3 Å². The fourth-order valence-electron chi connectivity index (χ4n) is 3.04. The lowest BCUT2D eigenvalue weighted by atomic mass is 10.2. The molecule has 170 valence electrons. The maximum atomic E-state index is 13.1.